The van der Waals surface area contributed by atoms with E-state index < -0.39 is 0 Å². The zero-order valence-electron chi connectivity index (χ0n) is 10.6. The zero-order valence-corrected chi connectivity index (χ0v) is 15.5. The Bertz CT molecular complexity index is 509. The van der Waals surface area contributed by atoms with Crippen molar-refractivity contribution in [3.63, 3.8) is 0 Å². The van der Waals surface area contributed by atoms with Crippen molar-refractivity contribution >= 4 is 55.5 Å². The molecule has 0 saturated heterocycles. The van der Waals surface area contributed by atoms with Gasteiger partial charge in [-0.15, -0.1) is 37.2 Å². The molecule has 1 heterocycles. The van der Waals surface area contributed by atoms with Gasteiger partial charge in [0.1, 0.15) is 0 Å². The molecule has 0 bridgehead atoms. The molecule has 3 rings (SSSR count). The fraction of sp³-hybridized carbons (Fsp3) is 0.143. The summed E-state index contributed by atoms with van der Waals surface area (Å²) in [4.78, 5) is 0. The smallest absolute Gasteiger partial charge is 0.147 e. The van der Waals surface area contributed by atoms with E-state index in [0.29, 0.717) is 6.71 Å². The van der Waals surface area contributed by atoms with Gasteiger partial charge < -0.3 is 0 Å². The number of rotatable bonds is 0. The molecule has 100 valence electrons. The Morgan fingerprint density at radius 3 is 2.47 bits per heavy atom. The molecule has 0 fully saturated rings. The van der Waals surface area contributed by atoms with Crippen LogP contribution in [0.15, 0.2) is 53.5 Å². The van der Waals surface area contributed by atoms with Crippen LogP contribution in [0, 0.1) is 0 Å². The summed E-state index contributed by atoms with van der Waals surface area (Å²) < 4.78 is 0. The molecule has 0 saturated carbocycles. The van der Waals surface area contributed by atoms with Crippen molar-refractivity contribution in [3.8, 4) is 0 Å². The van der Waals surface area contributed by atoms with Crippen LogP contribution >= 0.6 is 37.2 Å². The van der Waals surface area contributed by atoms with Crippen molar-refractivity contribution in [2.75, 3.05) is 0 Å². The fourth-order valence-corrected chi connectivity index (χ4v) is 2.53. The summed E-state index contributed by atoms with van der Waals surface area (Å²) in [6, 6.07) is 8.70. The Hall–Kier alpha value is 0.258. The van der Waals surface area contributed by atoms with Gasteiger partial charge in [0.05, 0.1) is 0 Å². The molecule has 0 amide bonds. The monoisotopic (exact) mass is 390 g/mol. The molecule has 5 heteroatoms. The third-order valence-corrected chi connectivity index (χ3v) is 3.34. The molecule has 2 aliphatic rings. The molecular formula is C14H16BCl3Zr. The van der Waals surface area contributed by atoms with Gasteiger partial charge in [-0.25, -0.2) is 0 Å². The minimum absolute atomic E-state index is 0. The summed E-state index contributed by atoms with van der Waals surface area (Å²) in [5, 5.41) is 0. The normalized spacial score (nSPS) is 14.1. The zero-order chi connectivity index (χ0) is 10.3. The van der Waals surface area contributed by atoms with Crippen LogP contribution < -0.4 is 5.46 Å². The number of allylic oxidation sites excluding steroid dienone is 5. The van der Waals surface area contributed by atoms with Crippen molar-refractivity contribution in [2.45, 2.75) is 13.2 Å². The standard InChI is InChI=1S/C14H13B.3ClH.Zr/c1-15-13-8-4-2-6-11(13)10-12-7-3-5-9-14(12)15;;;;/h2-4,6-10H,5H2,1H3;3*1H;. The fourth-order valence-electron chi connectivity index (χ4n) is 2.53. The molecule has 0 nitrogen and oxygen atoms in total. The van der Waals surface area contributed by atoms with Crippen molar-refractivity contribution in [1.82, 2.24) is 0 Å². The largest absolute Gasteiger partial charge is 0.207 e. The second kappa shape index (κ2) is 9.24. The Labute approximate surface area is 153 Å². The van der Waals surface area contributed by atoms with E-state index in [-0.39, 0.29) is 63.4 Å². The summed E-state index contributed by atoms with van der Waals surface area (Å²) in [6.07, 6.45) is 10.2. The first-order valence-electron chi connectivity index (χ1n) is 5.54. The van der Waals surface area contributed by atoms with Gasteiger partial charge in [0, 0.05) is 26.2 Å². The van der Waals surface area contributed by atoms with E-state index in [1.807, 2.05) is 0 Å². The second-order valence-electron chi connectivity index (χ2n) is 4.25. The van der Waals surface area contributed by atoms with E-state index >= 15 is 0 Å². The number of hydrogen-bond donors (Lipinski definition) is 0. The molecule has 1 aliphatic heterocycles. The molecule has 0 spiro atoms. The van der Waals surface area contributed by atoms with Crippen LogP contribution in [0.4, 0.5) is 0 Å². The van der Waals surface area contributed by atoms with Crippen LogP contribution in [-0.4, -0.2) is 6.71 Å². The first kappa shape index (κ1) is 21.6. The topological polar surface area (TPSA) is 0 Å². The maximum Gasteiger partial charge on any atom is 0.207 e. The molecule has 1 aliphatic carbocycles. The molecule has 1 aromatic rings. The second-order valence-corrected chi connectivity index (χ2v) is 4.25. The number of halogens is 3. The van der Waals surface area contributed by atoms with Crippen LogP contribution in [0.1, 0.15) is 12.0 Å². The van der Waals surface area contributed by atoms with Gasteiger partial charge in [-0.05, 0) is 23.6 Å². The quantitative estimate of drug-likeness (QED) is 0.583. The van der Waals surface area contributed by atoms with Gasteiger partial charge in [0.25, 0.3) is 0 Å². The van der Waals surface area contributed by atoms with Crippen LogP contribution in [0.2, 0.25) is 6.82 Å². The molecule has 0 radical (unpaired) electrons. The summed E-state index contributed by atoms with van der Waals surface area (Å²) in [7, 11) is 0. The van der Waals surface area contributed by atoms with Gasteiger partial charge in [-0.1, -0.05) is 60.3 Å². The maximum atomic E-state index is 2.35. The molecule has 19 heavy (non-hydrogen) atoms. The van der Waals surface area contributed by atoms with Crippen LogP contribution in [0.3, 0.4) is 0 Å². The summed E-state index contributed by atoms with van der Waals surface area (Å²) in [6.45, 7) is 2.85. The van der Waals surface area contributed by atoms with Crippen molar-refractivity contribution < 1.29 is 26.2 Å². The Morgan fingerprint density at radius 2 is 1.74 bits per heavy atom. The average molecular weight is 393 g/mol. The molecule has 0 N–H and O–H groups in total. The van der Waals surface area contributed by atoms with Gasteiger partial charge in [-0.3, -0.25) is 0 Å². The Morgan fingerprint density at radius 1 is 1.05 bits per heavy atom. The Balaban J connectivity index is 0. The van der Waals surface area contributed by atoms with Crippen molar-refractivity contribution in [2.24, 2.45) is 0 Å². The average Bonchev–Trinajstić information content (AvgIpc) is 2.30. The molecule has 1 aromatic carbocycles. The predicted molar refractivity (Wildman–Crippen MR) is 89.3 cm³/mol. The van der Waals surface area contributed by atoms with Gasteiger partial charge in [0.15, 0.2) is 0 Å². The van der Waals surface area contributed by atoms with Gasteiger partial charge in [0.2, 0.25) is 6.71 Å². The number of fused-ring (bicyclic) bond motifs is 2. The van der Waals surface area contributed by atoms with E-state index in [1.54, 1.807) is 0 Å². The Kier molecular flexibility index (Phi) is 10.5. The first-order chi connectivity index (χ1) is 7.36. The summed E-state index contributed by atoms with van der Waals surface area (Å²) in [5.74, 6) is 0. The SMILES string of the molecule is CB1C2=CCC=CC2=Cc2ccccc21.Cl.Cl.Cl.[Zr]. The first-order valence-corrected chi connectivity index (χ1v) is 5.54. The summed E-state index contributed by atoms with van der Waals surface area (Å²) in [5.41, 5.74) is 5.73. The van der Waals surface area contributed by atoms with E-state index in [1.165, 1.54) is 22.1 Å². The van der Waals surface area contributed by atoms with E-state index in [4.69, 9.17) is 0 Å². The molecular weight excluding hydrogens is 377 g/mol. The number of hydrogen-bond acceptors (Lipinski definition) is 0. The molecule has 0 aromatic heterocycles. The van der Waals surface area contributed by atoms with Crippen LogP contribution in [-0.2, 0) is 26.2 Å². The van der Waals surface area contributed by atoms with Crippen molar-refractivity contribution in [3.05, 3.63) is 59.1 Å². The third-order valence-electron chi connectivity index (χ3n) is 3.34. The minimum atomic E-state index is 0. The van der Waals surface area contributed by atoms with E-state index in [0.717, 1.165) is 6.42 Å². The maximum absolute atomic E-state index is 2.35. The van der Waals surface area contributed by atoms with Crippen LogP contribution in [0.25, 0.3) is 6.08 Å². The van der Waals surface area contributed by atoms with Gasteiger partial charge in [-0.2, -0.15) is 0 Å². The van der Waals surface area contributed by atoms with Crippen LogP contribution in [0.5, 0.6) is 0 Å². The predicted octanol–water partition coefficient (Wildman–Crippen LogP) is 4.10. The summed E-state index contributed by atoms with van der Waals surface area (Å²) >= 11 is 0. The molecule has 0 unspecified atom stereocenters. The van der Waals surface area contributed by atoms with Gasteiger partial charge >= 0.3 is 0 Å². The third kappa shape index (κ3) is 4.11. The minimum Gasteiger partial charge on any atom is -0.147 e. The van der Waals surface area contributed by atoms with E-state index in [9.17, 15) is 0 Å². The molecule has 0 atom stereocenters. The van der Waals surface area contributed by atoms with Crippen molar-refractivity contribution in [1.29, 1.82) is 0 Å². The van der Waals surface area contributed by atoms with E-state index in [2.05, 4.69) is 55.4 Å². The number of benzene rings is 1.